The van der Waals surface area contributed by atoms with Crippen LogP contribution in [0.15, 0.2) is 60.7 Å². The Morgan fingerprint density at radius 3 is 2.40 bits per heavy atom. The third-order valence-corrected chi connectivity index (χ3v) is 8.59. The first-order valence-electron chi connectivity index (χ1n) is 13.4. The summed E-state index contributed by atoms with van der Waals surface area (Å²) in [6.07, 6.45) is 0.146. The van der Waals surface area contributed by atoms with Gasteiger partial charge in [-0.3, -0.25) is 4.79 Å². The number of carbonyl (C=O) groups is 3. The lowest BCUT2D eigenvalue weighted by molar-refractivity contribution is -0.119. The van der Waals surface area contributed by atoms with Crippen LogP contribution in [0.4, 0.5) is 19.3 Å². The van der Waals surface area contributed by atoms with Gasteiger partial charge >= 0.3 is 12.0 Å². The average molecular weight is 626 g/mol. The summed E-state index contributed by atoms with van der Waals surface area (Å²) < 4.78 is 36.6. The number of nitrogens with zero attached hydrogens (tertiary/aromatic N) is 3. The number of imide groups is 1. The van der Waals surface area contributed by atoms with E-state index in [9.17, 15) is 19.6 Å². The molecule has 0 N–H and O–H groups in total. The third-order valence-electron chi connectivity index (χ3n) is 8.06. The lowest BCUT2D eigenvalue weighted by Crippen LogP contribution is -2.49. The average Bonchev–Trinajstić information content (AvgIpc) is 3.37. The summed E-state index contributed by atoms with van der Waals surface area (Å²) in [5, 5.41) is 10.9. The van der Waals surface area contributed by atoms with Crippen molar-refractivity contribution in [2.24, 2.45) is 5.41 Å². The molecule has 3 aromatic carbocycles. The maximum Gasteiger partial charge on any atom is 0.337 e. The van der Waals surface area contributed by atoms with E-state index in [-0.39, 0.29) is 38.8 Å². The quantitative estimate of drug-likeness (QED) is 0.220. The highest BCUT2D eigenvalue weighted by Gasteiger charge is 2.70. The molecule has 2 aliphatic rings. The van der Waals surface area contributed by atoms with Crippen LogP contribution in [0.3, 0.4) is 0 Å². The Bertz CT molecular complexity index is 1700. The Balaban J connectivity index is 1.82. The van der Waals surface area contributed by atoms with Crippen molar-refractivity contribution in [2.75, 3.05) is 12.0 Å². The standard InChI is InChI=1S/C32H27Cl2F2N3O4/c1-31(2,3)15-24-32(16-37,21-12-11-18(33)14-23(21)35)25(20-9-6-10-22(34)26(20)36)27-28(40)38(30(42)39(24)27)19-8-5-7-17(13-19)29(41)43-4/h5-14,24-25,27H,15H2,1-4H3/t24-,25-,27+,32-/m0/s1. The van der Waals surface area contributed by atoms with Crippen LogP contribution < -0.4 is 4.90 Å². The minimum Gasteiger partial charge on any atom is -0.465 e. The molecule has 2 fully saturated rings. The molecule has 0 bridgehead atoms. The van der Waals surface area contributed by atoms with Gasteiger partial charge in [-0.2, -0.15) is 5.26 Å². The van der Waals surface area contributed by atoms with Gasteiger partial charge in [-0.15, -0.1) is 0 Å². The second kappa shape index (κ2) is 10.9. The minimum atomic E-state index is -1.93. The van der Waals surface area contributed by atoms with Crippen LogP contribution in [-0.4, -0.2) is 42.0 Å². The molecule has 0 aliphatic carbocycles. The van der Waals surface area contributed by atoms with Gasteiger partial charge in [0.15, 0.2) is 0 Å². The zero-order valence-electron chi connectivity index (χ0n) is 23.7. The highest BCUT2D eigenvalue weighted by atomic mass is 35.5. The molecule has 0 unspecified atom stereocenters. The van der Waals surface area contributed by atoms with Crippen molar-refractivity contribution in [3.05, 3.63) is 99.0 Å². The number of halogens is 4. The molecule has 0 aromatic heterocycles. The molecule has 0 spiro atoms. The van der Waals surface area contributed by atoms with Gasteiger partial charge < -0.3 is 9.64 Å². The number of amides is 3. The molecule has 2 aliphatic heterocycles. The predicted octanol–water partition coefficient (Wildman–Crippen LogP) is 7.26. The third kappa shape index (κ3) is 4.83. The van der Waals surface area contributed by atoms with Crippen molar-refractivity contribution in [3.8, 4) is 6.07 Å². The maximum absolute atomic E-state index is 15.9. The number of ether oxygens (including phenoxy) is 1. The molecular formula is C32H27Cl2F2N3O4. The van der Waals surface area contributed by atoms with Crippen LogP contribution in [0, 0.1) is 28.4 Å². The molecule has 3 amide bonds. The Labute approximate surface area is 257 Å². The maximum atomic E-state index is 15.9. The number of methoxy groups -OCH3 is 1. The number of fused-ring (bicyclic) bond motifs is 1. The highest BCUT2D eigenvalue weighted by Crippen LogP contribution is 2.58. The number of anilines is 1. The normalized spacial score (nSPS) is 23.4. The van der Waals surface area contributed by atoms with E-state index in [1.54, 1.807) is 0 Å². The molecular weight excluding hydrogens is 599 g/mol. The summed E-state index contributed by atoms with van der Waals surface area (Å²) in [5.74, 6) is -4.52. The van der Waals surface area contributed by atoms with E-state index in [0.717, 1.165) is 11.0 Å². The summed E-state index contributed by atoms with van der Waals surface area (Å²) in [4.78, 5) is 43.1. The first kappa shape index (κ1) is 30.5. The van der Waals surface area contributed by atoms with Crippen LogP contribution in [0.2, 0.25) is 10.0 Å². The van der Waals surface area contributed by atoms with Crippen molar-refractivity contribution in [1.29, 1.82) is 5.26 Å². The molecule has 11 heteroatoms. The Morgan fingerprint density at radius 2 is 1.77 bits per heavy atom. The zero-order valence-corrected chi connectivity index (χ0v) is 25.2. The van der Waals surface area contributed by atoms with Gasteiger partial charge in [0.1, 0.15) is 23.1 Å². The molecule has 5 rings (SSSR count). The van der Waals surface area contributed by atoms with Gasteiger partial charge in [0.05, 0.1) is 35.5 Å². The molecule has 3 aromatic rings. The van der Waals surface area contributed by atoms with Crippen LogP contribution in [0.5, 0.6) is 0 Å². The van der Waals surface area contributed by atoms with Gasteiger partial charge in [0.25, 0.3) is 5.91 Å². The fourth-order valence-electron chi connectivity index (χ4n) is 6.41. The number of hydrogen-bond acceptors (Lipinski definition) is 5. The van der Waals surface area contributed by atoms with Crippen LogP contribution in [-0.2, 0) is 14.9 Å². The summed E-state index contributed by atoms with van der Waals surface area (Å²) >= 11 is 12.3. The zero-order chi connectivity index (χ0) is 31.4. The molecule has 222 valence electrons. The number of nitriles is 1. The largest absolute Gasteiger partial charge is 0.465 e. The van der Waals surface area contributed by atoms with E-state index in [2.05, 4.69) is 6.07 Å². The Kier molecular flexibility index (Phi) is 7.74. The van der Waals surface area contributed by atoms with Gasteiger partial charge in [0, 0.05) is 16.5 Å². The Hall–Kier alpha value is -4.00. The first-order valence-corrected chi connectivity index (χ1v) is 14.2. The van der Waals surface area contributed by atoms with E-state index in [0.29, 0.717) is 0 Å². The molecule has 0 saturated carbocycles. The lowest BCUT2D eigenvalue weighted by atomic mass is 9.62. The summed E-state index contributed by atoms with van der Waals surface area (Å²) in [6.45, 7) is 5.65. The topological polar surface area (TPSA) is 90.7 Å². The number of rotatable bonds is 5. The molecule has 2 saturated heterocycles. The smallest absolute Gasteiger partial charge is 0.337 e. The van der Waals surface area contributed by atoms with Gasteiger partial charge in [-0.25, -0.2) is 23.3 Å². The fraction of sp³-hybridized carbons (Fsp3) is 0.312. The molecule has 43 heavy (non-hydrogen) atoms. The fourth-order valence-corrected chi connectivity index (χ4v) is 6.75. The molecule has 4 atom stereocenters. The van der Waals surface area contributed by atoms with E-state index < -0.39 is 58.4 Å². The highest BCUT2D eigenvalue weighted by molar-refractivity contribution is 6.31. The SMILES string of the molecule is COC(=O)c1cccc(N2C(=O)[C@H]3[C@H](c4cccc(Cl)c4F)[C@@](C#N)(c4ccc(Cl)cc4F)[C@H](CC(C)(C)C)N3C2=O)c1. The van der Waals surface area contributed by atoms with Crippen molar-refractivity contribution < 1.29 is 27.9 Å². The van der Waals surface area contributed by atoms with Crippen LogP contribution in [0.1, 0.15) is 54.6 Å². The van der Waals surface area contributed by atoms with Gasteiger partial charge in [-0.05, 0) is 53.8 Å². The number of hydrogen-bond donors (Lipinski definition) is 0. The Morgan fingerprint density at radius 1 is 1.07 bits per heavy atom. The first-order chi connectivity index (χ1) is 20.3. The summed E-state index contributed by atoms with van der Waals surface area (Å²) in [5.41, 5.74) is -2.50. The number of esters is 1. The molecule has 0 radical (unpaired) electrons. The van der Waals surface area contributed by atoms with E-state index >= 15 is 8.78 Å². The van der Waals surface area contributed by atoms with E-state index in [1.165, 1.54) is 66.6 Å². The van der Waals surface area contributed by atoms with Crippen molar-refractivity contribution in [3.63, 3.8) is 0 Å². The van der Waals surface area contributed by atoms with E-state index in [4.69, 9.17) is 27.9 Å². The van der Waals surface area contributed by atoms with Crippen molar-refractivity contribution >= 4 is 46.8 Å². The van der Waals surface area contributed by atoms with E-state index in [1.807, 2.05) is 20.8 Å². The second-order valence-corrected chi connectivity index (χ2v) is 12.7. The minimum absolute atomic E-state index is 0.0783. The lowest BCUT2D eigenvalue weighted by Gasteiger charge is -2.39. The van der Waals surface area contributed by atoms with Crippen molar-refractivity contribution in [1.82, 2.24) is 4.90 Å². The molecule has 7 nitrogen and oxygen atoms in total. The van der Waals surface area contributed by atoms with Gasteiger partial charge in [0.2, 0.25) is 0 Å². The monoisotopic (exact) mass is 625 g/mol. The van der Waals surface area contributed by atoms with Crippen LogP contribution >= 0.6 is 23.2 Å². The van der Waals surface area contributed by atoms with Crippen molar-refractivity contribution in [2.45, 2.75) is 50.6 Å². The number of urea groups is 1. The summed E-state index contributed by atoms with van der Waals surface area (Å²) in [6, 6.07) is 12.8. The van der Waals surface area contributed by atoms with Gasteiger partial charge in [-0.1, -0.05) is 68.2 Å². The van der Waals surface area contributed by atoms with Crippen LogP contribution in [0.25, 0.3) is 0 Å². The number of benzene rings is 3. The summed E-state index contributed by atoms with van der Waals surface area (Å²) in [7, 11) is 1.20. The second-order valence-electron chi connectivity index (χ2n) is 11.9. The number of carbonyl (C=O) groups excluding carboxylic acids is 3. The predicted molar refractivity (Wildman–Crippen MR) is 157 cm³/mol. The molecule has 2 heterocycles.